The van der Waals surface area contributed by atoms with Crippen LogP contribution < -0.4 is 15.0 Å². The molecule has 0 spiro atoms. The minimum Gasteiger partial charge on any atom is -0.491 e. The van der Waals surface area contributed by atoms with E-state index >= 15 is 0 Å². The van der Waals surface area contributed by atoms with Crippen LogP contribution in [0.5, 0.6) is 5.75 Å². The molecule has 1 saturated heterocycles. The number of anilines is 1. The Morgan fingerprint density at radius 3 is 2.61 bits per heavy atom. The molecule has 190 valence electrons. The maximum absolute atomic E-state index is 10.00. The Bertz CT molecular complexity index is 1150. The van der Waals surface area contributed by atoms with Crippen LogP contribution >= 0.6 is 0 Å². The summed E-state index contributed by atoms with van der Waals surface area (Å²) in [6, 6.07) is 14.1. The second kappa shape index (κ2) is 12.0. The molecule has 36 heavy (non-hydrogen) atoms. The van der Waals surface area contributed by atoms with Gasteiger partial charge in [0, 0.05) is 68.0 Å². The predicted octanol–water partition coefficient (Wildman–Crippen LogP) is 3.60. The molecule has 0 bridgehead atoms. The van der Waals surface area contributed by atoms with E-state index in [-0.39, 0.29) is 6.61 Å². The lowest BCUT2D eigenvalue weighted by Crippen LogP contribution is -2.43. The SMILES string of the molecule is C=C(C)N1CCC(N(C)c2cc(-c3ccncc3)nc(-c3cccc(OCC(O)CNC)c3)n2)CC1. The smallest absolute Gasteiger partial charge is 0.162 e. The number of hydrogen-bond acceptors (Lipinski definition) is 8. The van der Waals surface area contributed by atoms with Crippen molar-refractivity contribution >= 4 is 5.82 Å². The lowest BCUT2D eigenvalue weighted by atomic mass is 10.0. The third-order valence-corrected chi connectivity index (χ3v) is 6.58. The molecule has 0 amide bonds. The minimum absolute atomic E-state index is 0.207. The second-order valence-corrected chi connectivity index (χ2v) is 9.29. The number of aliphatic hydroxyl groups is 1. The molecule has 1 fully saturated rings. The van der Waals surface area contributed by atoms with Crippen LogP contribution in [0.25, 0.3) is 22.6 Å². The summed E-state index contributed by atoms with van der Waals surface area (Å²) in [5, 5.41) is 12.9. The largest absolute Gasteiger partial charge is 0.491 e. The Morgan fingerprint density at radius 2 is 1.92 bits per heavy atom. The zero-order chi connectivity index (χ0) is 25.5. The van der Waals surface area contributed by atoms with Gasteiger partial charge in [-0.2, -0.15) is 0 Å². The van der Waals surface area contributed by atoms with Gasteiger partial charge < -0.3 is 25.0 Å². The molecule has 2 aromatic heterocycles. The molecule has 3 heterocycles. The van der Waals surface area contributed by atoms with Crippen molar-refractivity contribution in [3.63, 3.8) is 0 Å². The average Bonchev–Trinajstić information content (AvgIpc) is 2.92. The normalized spacial score (nSPS) is 14.9. The van der Waals surface area contributed by atoms with E-state index in [0.717, 1.165) is 54.3 Å². The second-order valence-electron chi connectivity index (χ2n) is 9.29. The number of nitrogens with one attached hydrogen (secondary N) is 1. The van der Waals surface area contributed by atoms with Crippen molar-refractivity contribution in [2.45, 2.75) is 31.9 Å². The Balaban J connectivity index is 1.63. The lowest BCUT2D eigenvalue weighted by Gasteiger charge is -2.38. The fourth-order valence-electron chi connectivity index (χ4n) is 4.45. The van der Waals surface area contributed by atoms with Crippen LogP contribution in [0.15, 0.2) is 67.1 Å². The van der Waals surface area contributed by atoms with Gasteiger partial charge in [-0.05, 0) is 51.1 Å². The van der Waals surface area contributed by atoms with Crippen molar-refractivity contribution in [2.75, 3.05) is 45.2 Å². The molecular weight excluding hydrogens is 452 g/mol. The molecule has 1 aliphatic rings. The highest BCUT2D eigenvalue weighted by Crippen LogP contribution is 2.30. The van der Waals surface area contributed by atoms with Crippen LogP contribution in [0.3, 0.4) is 0 Å². The van der Waals surface area contributed by atoms with Crippen molar-refractivity contribution in [3.8, 4) is 28.4 Å². The van der Waals surface area contributed by atoms with Crippen molar-refractivity contribution < 1.29 is 9.84 Å². The van der Waals surface area contributed by atoms with E-state index < -0.39 is 6.10 Å². The van der Waals surface area contributed by atoms with E-state index in [1.807, 2.05) is 36.4 Å². The number of nitrogens with zero attached hydrogens (tertiary/aromatic N) is 5. The molecule has 1 aliphatic heterocycles. The topological polar surface area (TPSA) is 86.6 Å². The summed E-state index contributed by atoms with van der Waals surface area (Å²) in [4.78, 5) is 18.7. The number of aliphatic hydroxyl groups excluding tert-OH is 1. The molecule has 2 N–H and O–H groups in total. The van der Waals surface area contributed by atoms with E-state index in [2.05, 4.69) is 46.7 Å². The van der Waals surface area contributed by atoms with Gasteiger partial charge in [-0.25, -0.2) is 9.97 Å². The number of rotatable bonds is 10. The summed E-state index contributed by atoms with van der Waals surface area (Å²) in [6.45, 7) is 8.84. The number of ether oxygens (including phenoxy) is 1. The fourth-order valence-corrected chi connectivity index (χ4v) is 4.45. The van der Waals surface area contributed by atoms with Gasteiger partial charge >= 0.3 is 0 Å². The third kappa shape index (κ3) is 6.38. The molecule has 4 rings (SSSR count). The van der Waals surface area contributed by atoms with Gasteiger partial charge in [-0.15, -0.1) is 0 Å². The molecule has 1 unspecified atom stereocenters. The van der Waals surface area contributed by atoms with Crippen LogP contribution in [-0.4, -0.2) is 77.4 Å². The monoisotopic (exact) mass is 488 g/mol. The van der Waals surface area contributed by atoms with Gasteiger partial charge in [-0.3, -0.25) is 4.98 Å². The van der Waals surface area contributed by atoms with Crippen molar-refractivity contribution in [2.24, 2.45) is 0 Å². The lowest BCUT2D eigenvalue weighted by molar-refractivity contribution is 0.108. The summed E-state index contributed by atoms with van der Waals surface area (Å²) >= 11 is 0. The number of allylic oxidation sites excluding steroid dienone is 1. The van der Waals surface area contributed by atoms with E-state index in [4.69, 9.17) is 14.7 Å². The van der Waals surface area contributed by atoms with Crippen LogP contribution in [0.2, 0.25) is 0 Å². The maximum atomic E-state index is 10.00. The number of likely N-dealkylation sites (tertiary alicyclic amines) is 1. The highest BCUT2D eigenvalue weighted by Gasteiger charge is 2.24. The van der Waals surface area contributed by atoms with Gasteiger partial charge in [0.2, 0.25) is 0 Å². The summed E-state index contributed by atoms with van der Waals surface area (Å²) in [6.07, 6.45) is 5.07. The number of pyridine rings is 1. The van der Waals surface area contributed by atoms with Gasteiger partial charge in [-0.1, -0.05) is 18.7 Å². The first-order valence-electron chi connectivity index (χ1n) is 12.4. The molecule has 8 nitrogen and oxygen atoms in total. The maximum Gasteiger partial charge on any atom is 0.162 e. The number of aromatic nitrogens is 3. The van der Waals surface area contributed by atoms with Crippen LogP contribution in [0, 0.1) is 0 Å². The van der Waals surface area contributed by atoms with Crippen molar-refractivity contribution in [1.82, 2.24) is 25.2 Å². The van der Waals surface area contributed by atoms with Gasteiger partial charge in [0.15, 0.2) is 5.82 Å². The average molecular weight is 489 g/mol. The molecule has 0 saturated carbocycles. The summed E-state index contributed by atoms with van der Waals surface area (Å²) in [7, 11) is 3.92. The summed E-state index contributed by atoms with van der Waals surface area (Å²) < 4.78 is 5.82. The number of benzene rings is 1. The molecular formula is C28H36N6O2. The number of likely N-dealkylation sites (N-methyl/N-ethyl adjacent to an activating group) is 1. The Kier molecular flexibility index (Phi) is 8.51. The Morgan fingerprint density at radius 1 is 1.17 bits per heavy atom. The standard InChI is InChI=1S/C28H36N6O2/c1-20(2)34-14-10-23(11-15-34)33(4)27-17-26(21-8-12-30-13-9-21)31-28(32-27)22-6-5-7-25(16-22)36-19-24(35)18-29-3/h5-9,12-13,16-17,23-24,29,35H,1,10-11,14-15,18-19H2,2-4H3. The molecule has 8 heteroatoms. The van der Waals surface area contributed by atoms with Gasteiger partial charge in [0.1, 0.15) is 24.3 Å². The van der Waals surface area contributed by atoms with E-state index in [9.17, 15) is 5.11 Å². The van der Waals surface area contributed by atoms with Crippen LogP contribution in [-0.2, 0) is 0 Å². The van der Waals surface area contributed by atoms with Crippen LogP contribution in [0.1, 0.15) is 19.8 Å². The zero-order valence-electron chi connectivity index (χ0n) is 21.4. The number of piperidine rings is 1. The highest BCUT2D eigenvalue weighted by atomic mass is 16.5. The third-order valence-electron chi connectivity index (χ3n) is 6.58. The van der Waals surface area contributed by atoms with Gasteiger partial charge in [0.25, 0.3) is 0 Å². The Labute approximate surface area is 213 Å². The molecule has 0 radical (unpaired) electrons. The van der Waals surface area contributed by atoms with Gasteiger partial charge in [0.05, 0.1) is 5.69 Å². The zero-order valence-corrected chi connectivity index (χ0v) is 21.4. The fraction of sp³-hybridized carbons (Fsp3) is 0.393. The molecule has 1 aromatic carbocycles. The molecule has 0 aliphatic carbocycles. The first kappa shape index (κ1) is 25.6. The number of hydrogen-bond donors (Lipinski definition) is 2. The van der Waals surface area contributed by atoms with Crippen LogP contribution in [0.4, 0.5) is 5.82 Å². The minimum atomic E-state index is -0.582. The van der Waals surface area contributed by atoms with E-state index in [0.29, 0.717) is 24.2 Å². The van der Waals surface area contributed by atoms with Crippen molar-refractivity contribution in [3.05, 3.63) is 67.1 Å². The first-order valence-corrected chi connectivity index (χ1v) is 12.4. The first-order chi connectivity index (χ1) is 17.4. The highest BCUT2D eigenvalue weighted by molar-refractivity contribution is 5.68. The summed E-state index contributed by atoms with van der Waals surface area (Å²) in [5.41, 5.74) is 3.82. The summed E-state index contributed by atoms with van der Waals surface area (Å²) in [5.74, 6) is 2.19. The molecule has 3 aromatic rings. The predicted molar refractivity (Wildman–Crippen MR) is 144 cm³/mol. The Hall–Kier alpha value is -3.49. The van der Waals surface area contributed by atoms with Crippen molar-refractivity contribution in [1.29, 1.82) is 0 Å². The quantitative estimate of drug-likeness (QED) is 0.448. The van der Waals surface area contributed by atoms with E-state index in [1.54, 1.807) is 19.4 Å². The molecule has 1 atom stereocenters. The van der Waals surface area contributed by atoms with E-state index in [1.165, 1.54) is 0 Å².